The van der Waals surface area contributed by atoms with Crippen molar-refractivity contribution in [2.75, 3.05) is 18.4 Å². The van der Waals surface area contributed by atoms with Gasteiger partial charge in [-0.1, -0.05) is 30.3 Å². The summed E-state index contributed by atoms with van der Waals surface area (Å²) in [5.41, 5.74) is 3.35. The zero-order chi connectivity index (χ0) is 24.7. The standard InChI is InChI=1S/C28H31N3O4/c1-28(2,3)35-27(34)30-14-11-19(12-15-30)18-7-9-22(10-8-18)29-25(32)23-17-21-6-4-5-20-13-16-31(24(20)21)26(23)33/h4-10,17,19H,11-16H2,1-3H3,(H,29,32). The lowest BCUT2D eigenvalue weighted by molar-refractivity contribution is 0.0204. The quantitative estimate of drug-likeness (QED) is 0.585. The molecule has 1 fully saturated rings. The van der Waals surface area contributed by atoms with Crippen LogP contribution in [0.2, 0.25) is 0 Å². The van der Waals surface area contributed by atoms with Crippen molar-refractivity contribution in [1.82, 2.24) is 9.47 Å². The number of likely N-dealkylation sites (tertiary alicyclic amines) is 1. The van der Waals surface area contributed by atoms with Crippen LogP contribution in [0.4, 0.5) is 10.5 Å². The molecule has 1 aromatic heterocycles. The Balaban J connectivity index is 1.24. The van der Waals surface area contributed by atoms with Crippen LogP contribution >= 0.6 is 0 Å². The molecule has 2 aromatic carbocycles. The molecule has 5 rings (SSSR count). The number of pyridine rings is 1. The first-order chi connectivity index (χ1) is 16.7. The number of nitrogens with zero attached hydrogens (tertiary/aromatic N) is 2. The second-order valence-corrected chi connectivity index (χ2v) is 10.4. The topological polar surface area (TPSA) is 80.6 Å². The molecule has 0 aliphatic carbocycles. The molecule has 2 aliphatic heterocycles. The van der Waals surface area contributed by atoms with Crippen molar-refractivity contribution in [3.63, 3.8) is 0 Å². The van der Waals surface area contributed by atoms with Crippen molar-refractivity contribution < 1.29 is 14.3 Å². The lowest BCUT2D eigenvalue weighted by Crippen LogP contribution is -2.41. The van der Waals surface area contributed by atoms with Gasteiger partial charge in [0.05, 0.1) is 5.52 Å². The average molecular weight is 474 g/mol. The van der Waals surface area contributed by atoms with Gasteiger partial charge in [-0.05, 0) is 80.7 Å². The molecule has 2 amide bonds. The summed E-state index contributed by atoms with van der Waals surface area (Å²) in [7, 11) is 0. The van der Waals surface area contributed by atoms with Crippen LogP contribution in [-0.4, -0.2) is 40.2 Å². The fourth-order valence-electron chi connectivity index (χ4n) is 5.09. The van der Waals surface area contributed by atoms with E-state index in [1.807, 2.05) is 63.2 Å². The lowest BCUT2D eigenvalue weighted by atomic mass is 9.89. The number of benzene rings is 2. The van der Waals surface area contributed by atoms with Crippen molar-refractivity contribution in [1.29, 1.82) is 0 Å². The van der Waals surface area contributed by atoms with E-state index in [0.717, 1.165) is 35.7 Å². The molecule has 7 heteroatoms. The average Bonchev–Trinajstić information content (AvgIpc) is 3.27. The van der Waals surface area contributed by atoms with E-state index >= 15 is 0 Å². The van der Waals surface area contributed by atoms with E-state index in [4.69, 9.17) is 4.74 Å². The molecule has 0 atom stereocenters. The number of rotatable bonds is 3. The van der Waals surface area contributed by atoms with Gasteiger partial charge in [-0.25, -0.2) is 4.79 Å². The Kier molecular flexibility index (Phi) is 5.87. The maximum absolute atomic E-state index is 13.0. The minimum atomic E-state index is -0.493. The number of aryl methyl sites for hydroxylation is 2. The molecule has 35 heavy (non-hydrogen) atoms. The van der Waals surface area contributed by atoms with Crippen LogP contribution in [0.15, 0.2) is 53.3 Å². The van der Waals surface area contributed by atoms with Gasteiger partial charge in [0.2, 0.25) is 0 Å². The largest absolute Gasteiger partial charge is 0.444 e. The monoisotopic (exact) mass is 473 g/mol. The number of ether oxygens (including phenoxy) is 1. The molecule has 1 N–H and O–H groups in total. The number of carbonyl (C=O) groups is 2. The second-order valence-electron chi connectivity index (χ2n) is 10.4. The summed E-state index contributed by atoms with van der Waals surface area (Å²) >= 11 is 0. The Hall–Kier alpha value is -3.61. The maximum Gasteiger partial charge on any atom is 0.410 e. The number of amides is 2. The van der Waals surface area contributed by atoms with Crippen LogP contribution in [0.5, 0.6) is 0 Å². The SMILES string of the molecule is CC(C)(C)OC(=O)N1CCC(c2ccc(NC(=O)c3cc4cccc5c4n(c3=O)CC5)cc2)CC1. The van der Waals surface area contributed by atoms with Gasteiger partial charge in [0.25, 0.3) is 11.5 Å². The summed E-state index contributed by atoms with van der Waals surface area (Å²) in [6.07, 6.45) is 2.29. The van der Waals surface area contributed by atoms with Crippen LogP contribution in [0.3, 0.4) is 0 Å². The Morgan fingerprint density at radius 1 is 1.00 bits per heavy atom. The normalized spacial score (nSPS) is 15.9. The van der Waals surface area contributed by atoms with Gasteiger partial charge in [-0.2, -0.15) is 0 Å². The molecule has 0 spiro atoms. The zero-order valence-corrected chi connectivity index (χ0v) is 20.5. The fraction of sp³-hybridized carbons (Fsp3) is 0.393. The Morgan fingerprint density at radius 3 is 2.40 bits per heavy atom. The number of nitrogens with one attached hydrogen (secondary N) is 1. The number of hydrogen-bond donors (Lipinski definition) is 1. The molecule has 182 valence electrons. The fourth-order valence-corrected chi connectivity index (χ4v) is 5.09. The first-order valence-electron chi connectivity index (χ1n) is 12.2. The summed E-state index contributed by atoms with van der Waals surface area (Å²) in [5, 5.41) is 3.80. The predicted molar refractivity (Wildman–Crippen MR) is 136 cm³/mol. The number of hydrogen-bond acceptors (Lipinski definition) is 4. The second kappa shape index (κ2) is 8.87. The number of anilines is 1. The predicted octanol–water partition coefficient (Wildman–Crippen LogP) is 4.92. The van der Waals surface area contributed by atoms with E-state index in [-0.39, 0.29) is 17.2 Å². The lowest BCUT2D eigenvalue weighted by Gasteiger charge is -2.33. The molecule has 0 bridgehead atoms. The zero-order valence-electron chi connectivity index (χ0n) is 20.5. The van der Waals surface area contributed by atoms with Crippen LogP contribution in [0.1, 0.15) is 61.0 Å². The summed E-state index contributed by atoms with van der Waals surface area (Å²) in [4.78, 5) is 40.0. The molecule has 0 radical (unpaired) electrons. The van der Waals surface area contributed by atoms with Gasteiger partial charge >= 0.3 is 6.09 Å². The van der Waals surface area contributed by atoms with Crippen molar-refractivity contribution in [3.8, 4) is 0 Å². The van der Waals surface area contributed by atoms with Crippen LogP contribution in [0, 0.1) is 0 Å². The molecular formula is C28H31N3O4. The number of aromatic nitrogens is 1. The Morgan fingerprint density at radius 2 is 1.71 bits per heavy atom. The highest BCUT2D eigenvalue weighted by molar-refractivity contribution is 6.06. The molecule has 0 unspecified atom stereocenters. The molecule has 2 aliphatic rings. The number of piperidine rings is 1. The van der Waals surface area contributed by atoms with Crippen molar-refractivity contribution in [2.45, 2.75) is 58.1 Å². The maximum atomic E-state index is 13.0. The third-order valence-corrected chi connectivity index (χ3v) is 6.83. The Bertz CT molecular complexity index is 1340. The first kappa shape index (κ1) is 23.1. The van der Waals surface area contributed by atoms with Crippen molar-refractivity contribution in [3.05, 3.63) is 75.6 Å². The number of carbonyl (C=O) groups excluding carboxylic acids is 2. The molecule has 1 saturated heterocycles. The highest BCUT2D eigenvalue weighted by Gasteiger charge is 2.27. The van der Waals surface area contributed by atoms with Gasteiger partial charge in [0.1, 0.15) is 11.2 Å². The van der Waals surface area contributed by atoms with Gasteiger partial charge in [-0.3, -0.25) is 9.59 Å². The summed E-state index contributed by atoms with van der Waals surface area (Å²) < 4.78 is 7.19. The third kappa shape index (κ3) is 4.67. The minimum absolute atomic E-state index is 0.162. The van der Waals surface area contributed by atoms with E-state index < -0.39 is 11.5 Å². The van der Waals surface area contributed by atoms with E-state index in [0.29, 0.717) is 31.2 Å². The summed E-state index contributed by atoms with van der Waals surface area (Å²) in [5.74, 6) is -0.0432. The van der Waals surface area contributed by atoms with E-state index in [2.05, 4.69) is 5.32 Å². The molecule has 7 nitrogen and oxygen atoms in total. The first-order valence-corrected chi connectivity index (χ1v) is 12.2. The molecular weight excluding hydrogens is 442 g/mol. The number of para-hydroxylation sites is 1. The smallest absolute Gasteiger partial charge is 0.410 e. The van der Waals surface area contributed by atoms with E-state index in [9.17, 15) is 14.4 Å². The molecule has 0 saturated carbocycles. The van der Waals surface area contributed by atoms with Crippen molar-refractivity contribution in [2.24, 2.45) is 0 Å². The summed E-state index contributed by atoms with van der Waals surface area (Å²) in [6.45, 7) is 7.55. The van der Waals surface area contributed by atoms with E-state index in [1.165, 1.54) is 5.56 Å². The van der Waals surface area contributed by atoms with Crippen LogP contribution in [-0.2, 0) is 17.7 Å². The van der Waals surface area contributed by atoms with Gasteiger partial charge in [0.15, 0.2) is 0 Å². The summed E-state index contributed by atoms with van der Waals surface area (Å²) in [6, 6.07) is 15.4. The Labute approximate surface area is 204 Å². The highest BCUT2D eigenvalue weighted by atomic mass is 16.6. The van der Waals surface area contributed by atoms with Crippen molar-refractivity contribution >= 4 is 28.6 Å². The van der Waals surface area contributed by atoms with Gasteiger partial charge in [-0.15, -0.1) is 0 Å². The van der Waals surface area contributed by atoms with Gasteiger partial charge < -0.3 is 19.5 Å². The van der Waals surface area contributed by atoms with Gasteiger partial charge in [0, 0.05) is 25.3 Å². The van der Waals surface area contributed by atoms with Crippen LogP contribution in [0.25, 0.3) is 10.9 Å². The van der Waals surface area contributed by atoms with Crippen LogP contribution < -0.4 is 10.9 Å². The minimum Gasteiger partial charge on any atom is -0.444 e. The molecule has 3 heterocycles. The molecule has 3 aromatic rings. The van der Waals surface area contributed by atoms with E-state index in [1.54, 1.807) is 15.5 Å². The third-order valence-electron chi connectivity index (χ3n) is 6.83. The highest BCUT2D eigenvalue weighted by Crippen LogP contribution is 2.30.